The Hall–Kier alpha value is -1.96. The smallest absolute Gasteiger partial charge is 0.244 e. The Morgan fingerprint density at radius 3 is 2.37 bits per heavy atom. The second-order valence-corrected chi connectivity index (χ2v) is 10.0. The van der Waals surface area contributed by atoms with Gasteiger partial charge < -0.3 is 5.32 Å². The first-order chi connectivity index (χ1) is 12.8. The number of carbonyl (C=O) groups excluding carboxylic acids is 1. The molecule has 2 aromatic rings. The standard InChI is InChI=1S/C20H24N2O3S2/c1-15-3-8-19(9-4-15)27(24,25)22-13-11-17(12-14-22)21-20(23)10-7-18-6-5-16(2)26-18/h3-10,17H,11-14H2,1-2H3,(H,21,23). The predicted octanol–water partition coefficient (Wildman–Crippen LogP) is 3.35. The molecular weight excluding hydrogens is 380 g/mol. The first kappa shape index (κ1) is 19.8. The number of hydrogen-bond acceptors (Lipinski definition) is 4. The zero-order valence-corrected chi connectivity index (χ0v) is 17.1. The van der Waals surface area contributed by atoms with Gasteiger partial charge in [0.1, 0.15) is 0 Å². The molecule has 5 nitrogen and oxygen atoms in total. The zero-order chi connectivity index (χ0) is 19.4. The Kier molecular flexibility index (Phi) is 6.14. The Morgan fingerprint density at radius 2 is 1.78 bits per heavy atom. The molecule has 0 saturated carbocycles. The lowest BCUT2D eigenvalue weighted by Crippen LogP contribution is -2.46. The predicted molar refractivity (Wildman–Crippen MR) is 109 cm³/mol. The number of piperidine rings is 1. The van der Waals surface area contributed by atoms with E-state index in [1.807, 2.05) is 32.1 Å². The third kappa shape index (κ3) is 5.06. The highest BCUT2D eigenvalue weighted by molar-refractivity contribution is 7.89. The van der Waals surface area contributed by atoms with Gasteiger partial charge in [-0.1, -0.05) is 17.7 Å². The van der Waals surface area contributed by atoms with E-state index in [1.165, 1.54) is 9.18 Å². The van der Waals surface area contributed by atoms with Crippen molar-refractivity contribution in [1.82, 2.24) is 9.62 Å². The van der Waals surface area contributed by atoms with E-state index in [0.717, 1.165) is 10.4 Å². The van der Waals surface area contributed by atoms with Crippen LogP contribution in [0.25, 0.3) is 6.08 Å². The van der Waals surface area contributed by atoms with Crippen LogP contribution in [-0.4, -0.2) is 37.8 Å². The minimum Gasteiger partial charge on any atom is -0.350 e. The van der Waals surface area contributed by atoms with Crippen LogP contribution in [0.3, 0.4) is 0 Å². The molecule has 1 N–H and O–H groups in total. The third-order valence-electron chi connectivity index (χ3n) is 4.62. The molecule has 1 aromatic heterocycles. The summed E-state index contributed by atoms with van der Waals surface area (Å²) in [6, 6.07) is 10.9. The van der Waals surface area contributed by atoms with Gasteiger partial charge in [-0.2, -0.15) is 4.31 Å². The summed E-state index contributed by atoms with van der Waals surface area (Å²) in [6.45, 7) is 4.78. The van der Waals surface area contributed by atoms with Crippen LogP contribution in [0.5, 0.6) is 0 Å². The lowest BCUT2D eigenvalue weighted by molar-refractivity contribution is -0.117. The lowest BCUT2D eigenvalue weighted by atomic mass is 10.1. The van der Waals surface area contributed by atoms with Gasteiger partial charge in [0.25, 0.3) is 0 Å². The number of thiophene rings is 1. The molecule has 1 amide bonds. The molecule has 0 radical (unpaired) electrons. The van der Waals surface area contributed by atoms with Crippen molar-refractivity contribution in [2.24, 2.45) is 0 Å². The fourth-order valence-corrected chi connectivity index (χ4v) is 5.30. The topological polar surface area (TPSA) is 66.5 Å². The Balaban J connectivity index is 1.53. The number of sulfonamides is 1. The summed E-state index contributed by atoms with van der Waals surface area (Å²) in [6.07, 6.45) is 4.58. The molecule has 0 bridgehead atoms. The molecule has 1 aromatic carbocycles. The fourth-order valence-electron chi connectivity index (χ4n) is 3.05. The van der Waals surface area contributed by atoms with Crippen LogP contribution in [0.2, 0.25) is 0 Å². The van der Waals surface area contributed by atoms with Gasteiger partial charge in [0.2, 0.25) is 15.9 Å². The number of aryl methyl sites for hydroxylation is 2. The summed E-state index contributed by atoms with van der Waals surface area (Å²) in [5.74, 6) is -0.138. The van der Waals surface area contributed by atoms with Crippen molar-refractivity contribution in [3.8, 4) is 0 Å². The maximum Gasteiger partial charge on any atom is 0.244 e. The van der Waals surface area contributed by atoms with Crippen molar-refractivity contribution >= 4 is 33.3 Å². The first-order valence-electron chi connectivity index (χ1n) is 8.96. The summed E-state index contributed by atoms with van der Waals surface area (Å²) < 4.78 is 26.9. The van der Waals surface area contributed by atoms with Crippen molar-refractivity contribution in [3.05, 3.63) is 57.8 Å². The molecule has 1 saturated heterocycles. The molecule has 1 aliphatic heterocycles. The van der Waals surface area contributed by atoms with Crippen molar-refractivity contribution in [1.29, 1.82) is 0 Å². The maximum absolute atomic E-state index is 12.7. The number of carbonyl (C=O) groups is 1. The van der Waals surface area contributed by atoms with Crippen LogP contribution < -0.4 is 5.32 Å². The molecule has 7 heteroatoms. The summed E-state index contributed by atoms with van der Waals surface area (Å²) in [7, 11) is -3.47. The normalized spacial score (nSPS) is 16.7. The Bertz CT molecular complexity index is 922. The zero-order valence-electron chi connectivity index (χ0n) is 15.5. The molecule has 1 aliphatic rings. The van der Waals surface area contributed by atoms with Gasteiger partial charge in [-0.05, 0) is 57.0 Å². The van der Waals surface area contributed by atoms with Crippen molar-refractivity contribution < 1.29 is 13.2 Å². The summed E-state index contributed by atoms with van der Waals surface area (Å²) >= 11 is 1.64. The molecule has 144 valence electrons. The highest BCUT2D eigenvalue weighted by Crippen LogP contribution is 2.21. The van der Waals surface area contributed by atoms with Crippen LogP contribution in [0, 0.1) is 13.8 Å². The van der Waals surface area contributed by atoms with Crippen LogP contribution in [0.1, 0.15) is 28.2 Å². The van der Waals surface area contributed by atoms with E-state index in [-0.39, 0.29) is 11.9 Å². The first-order valence-corrected chi connectivity index (χ1v) is 11.2. The number of benzene rings is 1. The monoisotopic (exact) mass is 404 g/mol. The van der Waals surface area contributed by atoms with Crippen LogP contribution >= 0.6 is 11.3 Å². The number of hydrogen-bond donors (Lipinski definition) is 1. The average molecular weight is 405 g/mol. The Morgan fingerprint density at radius 1 is 1.11 bits per heavy atom. The van der Waals surface area contributed by atoms with E-state index in [1.54, 1.807) is 41.7 Å². The van der Waals surface area contributed by atoms with E-state index in [4.69, 9.17) is 0 Å². The van der Waals surface area contributed by atoms with E-state index in [2.05, 4.69) is 5.32 Å². The average Bonchev–Trinajstić information content (AvgIpc) is 3.06. The highest BCUT2D eigenvalue weighted by atomic mass is 32.2. The van der Waals surface area contributed by atoms with Crippen molar-refractivity contribution in [3.63, 3.8) is 0 Å². The van der Waals surface area contributed by atoms with Gasteiger partial charge in [0.15, 0.2) is 0 Å². The SMILES string of the molecule is Cc1ccc(S(=O)(=O)N2CCC(NC(=O)C=Cc3ccc(C)s3)CC2)cc1. The van der Waals surface area contributed by atoms with E-state index < -0.39 is 10.0 Å². The number of nitrogens with one attached hydrogen (secondary N) is 1. The van der Waals surface area contributed by atoms with Crippen LogP contribution in [-0.2, 0) is 14.8 Å². The quantitative estimate of drug-likeness (QED) is 0.777. The summed E-state index contributed by atoms with van der Waals surface area (Å²) in [4.78, 5) is 14.7. The van der Waals surface area contributed by atoms with Crippen LogP contribution in [0.15, 0.2) is 47.4 Å². The van der Waals surface area contributed by atoms with E-state index >= 15 is 0 Å². The largest absolute Gasteiger partial charge is 0.350 e. The van der Waals surface area contributed by atoms with Crippen LogP contribution in [0.4, 0.5) is 0 Å². The number of rotatable bonds is 5. The third-order valence-corrected chi connectivity index (χ3v) is 7.50. The van der Waals surface area contributed by atoms with Gasteiger partial charge in [0.05, 0.1) is 4.90 Å². The maximum atomic E-state index is 12.7. The number of amides is 1. The number of nitrogens with zero attached hydrogens (tertiary/aromatic N) is 1. The van der Waals surface area contributed by atoms with Gasteiger partial charge >= 0.3 is 0 Å². The molecule has 1 fully saturated rings. The molecule has 0 unspecified atom stereocenters. The second kappa shape index (κ2) is 8.37. The van der Waals surface area contributed by atoms with Gasteiger partial charge in [-0.3, -0.25) is 4.79 Å². The summed E-state index contributed by atoms with van der Waals surface area (Å²) in [5.41, 5.74) is 1.03. The molecular formula is C20H24N2O3S2. The second-order valence-electron chi connectivity index (χ2n) is 6.78. The molecule has 0 atom stereocenters. The van der Waals surface area contributed by atoms with Gasteiger partial charge in [-0.15, -0.1) is 11.3 Å². The summed E-state index contributed by atoms with van der Waals surface area (Å²) in [5, 5.41) is 2.97. The van der Waals surface area contributed by atoms with Gasteiger partial charge in [0, 0.05) is 35.0 Å². The molecule has 0 spiro atoms. The fraction of sp³-hybridized carbons (Fsp3) is 0.350. The van der Waals surface area contributed by atoms with E-state index in [9.17, 15) is 13.2 Å². The Labute approximate surface area is 164 Å². The van der Waals surface area contributed by atoms with E-state index in [0.29, 0.717) is 30.8 Å². The van der Waals surface area contributed by atoms with Gasteiger partial charge in [-0.25, -0.2) is 8.42 Å². The minimum absolute atomic E-state index is 0.00307. The molecule has 27 heavy (non-hydrogen) atoms. The van der Waals surface area contributed by atoms with Crippen molar-refractivity contribution in [2.45, 2.75) is 37.6 Å². The molecule has 2 heterocycles. The highest BCUT2D eigenvalue weighted by Gasteiger charge is 2.29. The molecule has 3 rings (SSSR count). The lowest BCUT2D eigenvalue weighted by Gasteiger charge is -2.31. The molecule has 0 aliphatic carbocycles. The minimum atomic E-state index is -3.47. The van der Waals surface area contributed by atoms with Crippen molar-refractivity contribution in [2.75, 3.05) is 13.1 Å².